The summed E-state index contributed by atoms with van der Waals surface area (Å²) in [6.07, 6.45) is -0.105. The number of methoxy groups -OCH3 is 1. The molecule has 3 aromatic carbocycles. The minimum Gasteiger partial charge on any atom is -0.465 e. The van der Waals surface area contributed by atoms with Crippen molar-refractivity contribution in [3.05, 3.63) is 94.5 Å². The van der Waals surface area contributed by atoms with Gasteiger partial charge in [0.15, 0.2) is 0 Å². The Morgan fingerprint density at radius 3 is 2.49 bits per heavy atom. The molecule has 9 heteroatoms. The van der Waals surface area contributed by atoms with Crippen molar-refractivity contribution in [2.45, 2.75) is 12.5 Å². The molecule has 3 amide bonds. The molecule has 1 aliphatic rings. The third-order valence-corrected chi connectivity index (χ3v) is 5.92. The summed E-state index contributed by atoms with van der Waals surface area (Å²) in [5, 5.41) is 5.88. The van der Waals surface area contributed by atoms with E-state index in [0.717, 1.165) is 5.56 Å². The predicted molar refractivity (Wildman–Crippen MR) is 131 cm³/mol. The van der Waals surface area contributed by atoms with Crippen molar-refractivity contribution in [1.82, 2.24) is 5.32 Å². The van der Waals surface area contributed by atoms with Gasteiger partial charge in [-0.1, -0.05) is 54.1 Å². The highest BCUT2D eigenvalue weighted by molar-refractivity contribution is 6.33. The van der Waals surface area contributed by atoms with Gasteiger partial charge >= 0.3 is 5.97 Å². The van der Waals surface area contributed by atoms with Crippen LogP contribution >= 0.6 is 11.6 Å². The number of nitrogens with one attached hydrogen (secondary N) is 2. The Bertz CT molecular complexity index is 1300. The van der Waals surface area contributed by atoms with Gasteiger partial charge in [0.25, 0.3) is 5.91 Å². The smallest absolute Gasteiger partial charge is 0.337 e. The number of carbonyl (C=O) groups excluding carboxylic acids is 4. The van der Waals surface area contributed by atoms with Gasteiger partial charge in [-0.15, -0.1) is 0 Å². The van der Waals surface area contributed by atoms with Gasteiger partial charge in [0.1, 0.15) is 6.54 Å². The van der Waals surface area contributed by atoms with Crippen molar-refractivity contribution in [3.63, 3.8) is 0 Å². The molecule has 178 valence electrons. The van der Waals surface area contributed by atoms with Gasteiger partial charge < -0.3 is 20.3 Å². The highest BCUT2D eigenvalue weighted by Crippen LogP contribution is 2.32. The van der Waals surface area contributed by atoms with Crippen LogP contribution in [-0.4, -0.2) is 37.3 Å². The molecule has 1 aliphatic heterocycles. The van der Waals surface area contributed by atoms with Gasteiger partial charge in [-0.3, -0.25) is 14.4 Å². The van der Waals surface area contributed by atoms with Gasteiger partial charge in [0, 0.05) is 0 Å². The monoisotopic (exact) mass is 491 g/mol. The summed E-state index contributed by atoms with van der Waals surface area (Å²) in [5.41, 5.74) is 2.04. The maximum Gasteiger partial charge on any atom is 0.337 e. The van der Waals surface area contributed by atoms with Crippen LogP contribution in [0.1, 0.15) is 38.7 Å². The van der Waals surface area contributed by atoms with Crippen LogP contribution in [0.4, 0.5) is 11.4 Å². The van der Waals surface area contributed by atoms with Crippen LogP contribution in [0.25, 0.3) is 0 Å². The maximum absolute atomic E-state index is 13.4. The van der Waals surface area contributed by atoms with Crippen molar-refractivity contribution < 1.29 is 23.9 Å². The highest BCUT2D eigenvalue weighted by Gasteiger charge is 2.30. The second kappa shape index (κ2) is 10.4. The van der Waals surface area contributed by atoms with E-state index in [9.17, 15) is 19.2 Å². The van der Waals surface area contributed by atoms with E-state index in [1.165, 1.54) is 24.1 Å². The van der Waals surface area contributed by atoms with Crippen LogP contribution in [0.15, 0.2) is 72.8 Å². The summed E-state index contributed by atoms with van der Waals surface area (Å²) in [6.45, 7) is -0.191. The number of hydrogen-bond acceptors (Lipinski definition) is 5. The summed E-state index contributed by atoms with van der Waals surface area (Å²) < 4.78 is 4.73. The average Bonchev–Trinajstić information content (AvgIpc) is 2.87. The molecule has 8 nitrogen and oxygen atoms in total. The van der Waals surface area contributed by atoms with Crippen LogP contribution in [0.3, 0.4) is 0 Å². The number of anilines is 2. The molecule has 0 saturated carbocycles. The lowest BCUT2D eigenvalue weighted by Crippen LogP contribution is -2.44. The fourth-order valence-corrected chi connectivity index (χ4v) is 4.08. The number of esters is 1. The van der Waals surface area contributed by atoms with E-state index in [-0.39, 0.29) is 24.4 Å². The van der Waals surface area contributed by atoms with Crippen molar-refractivity contribution in [3.8, 4) is 0 Å². The van der Waals surface area contributed by atoms with Gasteiger partial charge in [0.05, 0.1) is 47.1 Å². The molecule has 1 atom stereocenters. The lowest BCUT2D eigenvalue weighted by atomic mass is 10.0. The van der Waals surface area contributed by atoms with E-state index < -0.39 is 23.8 Å². The van der Waals surface area contributed by atoms with Crippen LogP contribution in [0.5, 0.6) is 0 Å². The lowest BCUT2D eigenvalue weighted by Gasteiger charge is -2.31. The summed E-state index contributed by atoms with van der Waals surface area (Å²) in [4.78, 5) is 51.9. The second-order valence-electron chi connectivity index (χ2n) is 7.87. The van der Waals surface area contributed by atoms with E-state index in [2.05, 4.69) is 10.6 Å². The lowest BCUT2D eigenvalue weighted by molar-refractivity contribution is -0.122. The maximum atomic E-state index is 13.4. The summed E-state index contributed by atoms with van der Waals surface area (Å²) in [7, 11) is 1.26. The van der Waals surface area contributed by atoms with E-state index in [1.807, 2.05) is 30.3 Å². The van der Waals surface area contributed by atoms with Crippen molar-refractivity contribution in [2.75, 3.05) is 23.9 Å². The molecular weight excluding hydrogens is 470 g/mol. The number of rotatable bonds is 6. The fraction of sp³-hybridized carbons (Fsp3) is 0.154. The number of nitrogens with zero attached hydrogens (tertiary/aromatic N) is 1. The number of carbonyl (C=O) groups is 4. The van der Waals surface area contributed by atoms with Crippen LogP contribution in [0.2, 0.25) is 5.02 Å². The Morgan fingerprint density at radius 2 is 1.77 bits per heavy atom. The van der Waals surface area contributed by atoms with Gasteiger partial charge in [-0.05, 0) is 35.9 Å². The molecule has 1 heterocycles. The molecule has 0 aromatic heterocycles. The molecule has 4 rings (SSSR count). The zero-order chi connectivity index (χ0) is 24.9. The Labute approximate surface area is 206 Å². The Hall–Kier alpha value is -4.17. The molecule has 0 bridgehead atoms. The molecule has 0 aliphatic carbocycles. The van der Waals surface area contributed by atoms with Crippen LogP contribution < -0.4 is 15.5 Å². The number of benzene rings is 3. The summed E-state index contributed by atoms with van der Waals surface area (Å²) >= 11 is 6.18. The Kier molecular flexibility index (Phi) is 7.12. The number of amides is 3. The first kappa shape index (κ1) is 24.0. The van der Waals surface area contributed by atoms with Crippen molar-refractivity contribution in [2.24, 2.45) is 0 Å². The quantitative estimate of drug-likeness (QED) is 0.508. The molecule has 1 unspecified atom stereocenters. The van der Waals surface area contributed by atoms with E-state index >= 15 is 0 Å². The normalized spacial score (nSPS) is 13.3. The Balaban J connectivity index is 1.61. The first-order valence-electron chi connectivity index (χ1n) is 10.8. The summed E-state index contributed by atoms with van der Waals surface area (Å²) in [6, 6.07) is 19.6. The topological polar surface area (TPSA) is 105 Å². The fourth-order valence-electron chi connectivity index (χ4n) is 3.86. The summed E-state index contributed by atoms with van der Waals surface area (Å²) in [5.74, 6) is -1.75. The largest absolute Gasteiger partial charge is 0.465 e. The minimum absolute atomic E-state index is 0.105. The molecular formula is C26H22ClN3O5. The zero-order valence-electron chi connectivity index (χ0n) is 18.8. The van der Waals surface area contributed by atoms with E-state index in [0.29, 0.717) is 22.0 Å². The first-order chi connectivity index (χ1) is 16.9. The van der Waals surface area contributed by atoms with E-state index in [1.54, 1.807) is 30.3 Å². The van der Waals surface area contributed by atoms with Crippen LogP contribution in [0, 0.1) is 0 Å². The molecule has 0 spiro atoms. The zero-order valence-corrected chi connectivity index (χ0v) is 19.5. The van der Waals surface area contributed by atoms with Gasteiger partial charge in [0.2, 0.25) is 11.8 Å². The predicted octanol–water partition coefficient (Wildman–Crippen LogP) is 3.97. The third-order valence-electron chi connectivity index (χ3n) is 5.59. The highest BCUT2D eigenvalue weighted by atomic mass is 35.5. The van der Waals surface area contributed by atoms with Gasteiger partial charge in [-0.2, -0.15) is 0 Å². The standard InChI is InChI=1S/C26H22ClN3O5/c1-35-26(34)17-11-12-22-21(13-17)28-23(31)15-30(22)24(32)14-20(16-7-3-2-4-8-16)29-25(33)18-9-5-6-10-19(18)27/h2-13,20H,14-15H2,1H3,(H,28,31)(H,29,33). The molecule has 3 aromatic rings. The molecule has 0 fully saturated rings. The first-order valence-corrected chi connectivity index (χ1v) is 11.2. The molecule has 0 saturated heterocycles. The molecule has 35 heavy (non-hydrogen) atoms. The number of hydrogen-bond donors (Lipinski definition) is 2. The van der Waals surface area contributed by atoms with Crippen molar-refractivity contribution >= 4 is 46.7 Å². The molecule has 0 radical (unpaired) electrons. The van der Waals surface area contributed by atoms with Crippen LogP contribution in [-0.2, 0) is 14.3 Å². The number of halogens is 1. The van der Waals surface area contributed by atoms with Crippen molar-refractivity contribution in [1.29, 1.82) is 0 Å². The second-order valence-corrected chi connectivity index (χ2v) is 8.28. The van der Waals surface area contributed by atoms with Gasteiger partial charge in [-0.25, -0.2) is 4.79 Å². The molecule has 2 N–H and O–H groups in total. The number of fused-ring (bicyclic) bond motifs is 1. The average molecular weight is 492 g/mol. The SMILES string of the molecule is COC(=O)c1ccc2c(c1)NC(=O)CN2C(=O)CC(NC(=O)c1ccccc1Cl)c1ccccc1. The minimum atomic E-state index is -0.671. The number of ether oxygens (including phenoxy) is 1. The van der Waals surface area contributed by atoms with E-state index in [4.69, 9.17) is 16.3 Å². The Morgan fingerprint density at radius 1 is 1.06 bits per heavy atom. The third kappa shape index (κ3) is 5.33.